The molecule has 0 radical (unpaired) electrons. The molecule has 2 amide bonds. The van der Waals surface area contributed by atoms with Gasteiger partial charge in [-0.15, -0.1) is 0 Å². The first-order valence-corrected chi connectivity index (χ1v) is 8.07. The number of amides is 2. The van der Waals surface area contributed by atoms with Gasteiger partial charge >= 0.3 is 0 Å². The fourth-order valence-electron chi connectivity index (χ4n) is 2.43. The zero-order valence-electron chi connectivity index (χ0n) is 14.3. The lowest BCUT2D eigenvalue weighted by Crippen LogP contribution is -2.38. The number of ether oxygens (including phenoxy) is 1. The second-order valence-corrected chi connectivity index (χ2v) is 5.31. The summed E-state index contributed by atoms with van der Waals surface area (Å²) in [7, 11) is 0. The highest BCUT2D eigenvalue weighted by molar-refractivity contribution is 5.95. The fourth-order valence-corrected chi connectivity index (χ4v) is 2.43. The van der Waals surface area contributed by atoms with Crippen molar-refractivity contribution in [3.8, 4) is 5.75 Å². The molecule has 0 bridgehead atoms. The van der Waals surface area contributed by atoms with E-state index in [2.05, 4.69) is 5.32 Å². The molecule has 0 aromatic heterocycles. The number of halogens is 1. The number of anilines is 1. The van der Waals surface area contributed by atoms with Gasteiger partial charge in [0, 0.05) is 20.0 Å². The minimum absolute atomic E-state index is 0.0217. The fraction of sp³-hybridized carbons (Fsp3) is 0.263. The van der Waals surface area contributed by atoms with Gasteiger partial charge in [0.1, 0.15) is 11.6 Å². The molecule has 0 fully saturated rings. The van der Waals surface area contributed by atoms with E-state index in [0.29, 0.717) is 18.0 Å². The summed E-state index contributed by atoms with van der Waals surface area (Å²) in [6.45, 7) is 4.23. The maximum absolute atomic E-state index is 13.6. The van der Waals surface area contributed by atoms with Gasteiger partial charge < -0.3 is 15.0 Å². The Kier molecular flexibility index (Phi) is 6.51. The molecule has 0 saturated heterocycles. The lowest BCUT2D eigenvalue weighted by atomic mass is 10.2. The average molecular weight is 344 g/mol. The zero-order chi connectivity index (χ0) is 18.2. The highest BCUT2D eigenvalue weighted by Crippen LogP contribution is 2.27. The number of hydrogen-bond acceptors (Lipinski definition) is 3. The van der Waals surface area contributed by atoms with Crippen molar-refractivity contribution in [3.05, 3.63) is 59.9 Å². The Morgan fingerprint density at radius 2 is 1.80 bits per heavy atom. The van der Waals surface area contributed by atoms with Crippen LogP contribution in [0.5, 0.6) is 5.75 Å². The summed E-state index contributed by atoms with van der Waals surface area (Å²) in [5.41, 5.74) is 0.614. The first-order chi connectivity index (χ1) is 12.0. The third-order valence-corrected chi connectivity index (χ3v) is 3.58. The van der Waals surface area contributed by atoms with Crippen LogP contribution in [0.3, 0.4) is 0 Å². The van der Waals surface area contributed by atoms with Crippen LogP contribution in [0.25, 0.3) is 0 Å². The van der Waals surface area contributed by atoms with Gasteiger partial charge in [-0.05, 0) is 31.2 Å². The number of nitrogens with zero attached hydrogens (tertiary/aromatic N) is 1. The van der Waals surface area contributed by atoms with E-state index in [1.54, 1.807) is 18.2 Å². The van der Waals surface area contributed by atoms with Crippen LogP contribution in [0.1, 0.15) is 24.2 Å². The largest absolute Gasteiger partial charge is 0.492 e. The highest BCUT2D eigenvalue weighted by atomic mass is 19.1. The van der Waals surface area contributed by atoms with Gasteiger partial charge in [-0.3, -0.25) is 9.59 Å². The third-order valence-electron chi connectivity index (χ3n) is 3.58. The van der Waals surface area contributed by atoms with Gasteiger partial charge in [0.05, 0.1) is 17.9 Å². The number of benzene rings is 2. The molecule has 0 spiro atoms. The van der Waals surface area contributed by atoms with Crippen molar-refractivity contribution in [2.45, 2.75) is 13.8 Å². The van der Waals surface area contributed by atoms with Gasteiger partial charge in [-0.2, -0.15) is 0 Å². The zero-order valence-corrected chi connectivity index (χ0v) is 14.3. The van der Waals surface area contributed by atoms with Crippen molar-refractivity contribution < 1.29 is 18.7 Å². The second kappa shape index (κ2) is 8.82. The Balaban J connectivity index is 2.05. The molecule has 2 aromatic carbocycles. The van der Waals surface area contributed by atoms with E-state index in [1.807, 2.05) is 19.1 Å². The van der Waals surface area contributed by atoms with Crippen LogP contribution in [-0.2, 0) is 4.79 Å². The molecular weight excluding hydrogens is 323 g/mol. The lowest BCUT2D eigenvalue weighted by Gasteiger charge is -2.23. The second-order valence-electron chi connectivity index (χ2n) is 5.31. The smallest absolute Gasteiger partial charge is 0.254 e. The number of para-hydroxylation sites is 2. The van der Waals surface area contributed by atoms with Crippen molar-refractivity contribution >= 4 is 17.5 Å². The summed E-state index contributed by atoms with van der Waals surface area (Å²) < 4.78 is 19.2. The summed E-state index contributed by atoms with van der Waals surface area (Å²) in [5, 5.41) is 2.63. The van der Waals surface area contributed by atoms with Gasteiger partial charge in [-0.1, -0.05) is 24.3 Å². The van der Waals surface area contributed by atoms with E-state index in [4.69, 9.17) is 4.74 Å². The Labute approximate surface area is 146 Å². The van der Waals surface area contributed by atoms with Crippen molar-refractivity contribution in [3.63, 3.8) is 0 Å². The molecule has 5 nitrogen and oxygen atoms in total. The molecule has 2 aromatic rings. The SMILES string of the molecule is CCOc1ccccc1N(CCNC(=O)c1ccccc1F)C(C)=O. The number of nitrogens with one attached hydrogen (secondary N) is 1. The Bertz CT molecular complexity index is 749. The molecule has 0 saturated carbocycles. The minimum Gasteiger partial charge on any atom is -0.492 e. The van der Waals surface area contributed by atoms with Crippen LogP contribution in [0.15, 0.2) is 48.5 Å². The summed E-state index contributed by atoms with van der Waals surface area (Å²) in [5.74, 6) is -0.669. The van der Waals surface area contributed by atoms with Crippen LogP contribution in [0.4, 0.5) is 10.1 Å². The van der Waals surface area contributed by atoms with Gasteiger partial charge in [-0.25, -0.2) is 4.39 Å². The van der Waals surface area contributed by atoms with Crippen LogP contribution in [0.2, 0.25) is 0 Å². The number of rotatable bonds is 7. The van der Waals surface area contributed by atoms with Crippen molar-refractivity contribution in [2.75, 3.05) is 24.6 Å². The summed E-state index contributed by atoms with van der Waals surface area (Å²) in [6, 6.07) is 13.0. The van der Waals surface area contributed by atoms with E-state index in [9.17, 15) is 14.0 Å². The van der Waals surface area contributed by atoms with Gasteiger partial charge in [0.15, 0.2) is 0 Å². The quantitative estimate of drug-likeness (QED) is 0.840. The predicted molar refractivity (Wildman–Crippen MR) is 94.4 cm³/mol. The summed E-state index contributed by atoms with van der Waals surface area (Å²) >= 11 is 0. The normalized spacial score (nSPS) is 10.2. The van der Waals surface area contributed by atoms with Gasteiger partial charge in [0.2, 0.25) is 5.91 Å². The van der Waals surface area contributed by atoms with Crippen LogP contribution in [0, 0.1) is 5.82 Å². The number of hydrogen-bond donors (Lipinski definition) is 1. The maximum atomic E-state index is 13.6. The molecule has 1 N–H and O–H groups in total. The molecule has 0 atom stereocenters. The van der Waals surface area contributed by atoms with Crippen LogP contribution in [-0.4, -0.2) is 31.5 Å². The van der Waals surface area contributed by atoms with Crippen LogP contribution < -0.4 is 15.0 Å². The molecule has 0 aliphatic heterocycles. The molecule has 0 aliphatic rings. The topological polar surface area (TPSA) is 58.6 Å². The first kappa shape index (κ1) is 18.4. The summed E-state index contributed by atoms with van der Waals surface area (Å²) in [4.78, 5) is 25.6. The molecule has 0 unspecified atom stereocenters. The minimum atomic E-state index is -0.579. The molecule has 2 rings (SSSR count). The Morgan fingerprint density at radius 3 is 2.48 bits per heavy atom. The molecular formula is C19H21FN2O3. The van der Waals surface area contributed by atoms with Crippen molar-refractivity contribution in [1.82, 2.24) is 5.32 Å². The molecule has 132 valence electrons. The Morgan fingerprint density at radius 1 is 1.12 bits per heavy atom. The number of carbonyl (C=O) groups is 2. The van der Waals surface area contributed by atoms with E-state index in [-0.39, 0.29) is 24.6 Å². The molecule has 0 aliphatic carbocycles. The summed E-state index contributed by atoms with van der Waals surface area (Å²) in [6.07, 6.45) is 0. The van der Waals surface area contributed by atoms with E-state index in [0.717, 1.165) is 0 Å². The monoisotopic (exact) mass is 344 g/mol. The van der Waals surface area contributed by atoms with E-state index >= 15 is 0 Å². The van der Waals surface area contributed by atoms with E-state index < -0.39 is 11.7 Å². The van der Waals surface area contributed by atoms with Crippen molar-refractivity contribution in [1.29, 1.82) is 0 Å². The van der Waals surface area contributed by atoms with E-state index in [1.165, 1.54) is 30.0 Å². The average Bonchev–Trinajstić information content (AvgIpc) is 2.60. The lowest BCUT2D eigenvalue weighted by molar-refractivity contribution is -0.116. The molecule has 0 heterocycles. The van der Waals surface area contributed by atoms with Crippen molar-refractivity contribution in [2.24, 2.45) is 0 Å². The first-order valence-electron chi connectivity index (χ1n) is 8.07. The highest BCUT2D eigenvalue weighted by Gasteiger charge is 2.17. The van der Waals surface area contributed by atoms with Crippen LogP contribution >= 0.6 is 0 Å². The third kappa shape index (κ3) is 4.79. The predicted octanol–water partition coefficient (Wildman–Crippen LogP) is 3.01. The standard InChI is InChI=1S/C19H21FN2O3/c1-3-25-18-11-7-6-10-17(18)22(14(2)23)13-12-21-19(24)15-8-4-5-9-16(15)20/h4-11H,3,12-13H2,1-2H3,(H,21,24). The maximum Gasteiger partial charge on any atom is 0.254 e. The molecule has 6 heteroatoms. The number of carbonyl (C=O) groups excluding carboxylic acids is 2. The molecule has 25 heavy (non-hydrogen) atoms. The Hall–Kier alpha value is -2.89. The van der Waals surface area contributed by atoms with Gasteiger partial charge in [0.25, 0.3) is 5.91 Å².